The van der Waals surface area contributed by atoms with Gasteiger partial charge < -0.3 is 20.4 Å². The number of fused-ring (bicyclic) bond motifs is 8. The molecule has 4 aromatic carbocycles. The number of benzene rings is 4. The Morgan fingerprint density at radius 3 is 0.714 bits per heavy atom. The summed E-state index contributed by atoms with van der Waals surface area (Å²) >= 11 is 0. The largest absolute Gasteiger partial charge is 1.00 e. The molecule has 1 aliphatic rings. The molecule has 49 heavy (non-hydrogen) atoms. The molecule has 3 N–H and O–H groups in total. The number of aromatic hydroxyl groups is 3. The predicted octanol–water partition coefficient (Wildman–Crippen LogP) is 6.75. The van der Waals surface area contributed by atoms with Gasteiger partial charge in [-0.25, -0.2) is 0 Å². The SMILES string of the molecule is CC(C)(C)c1cc2c([O-])c(c1)Cc1cc(C(C)(C)C)cc(c1O)Cc1cc(C(C)(C)C)cc(c1O)Cc1cc(C(C)(C)C)cc(c1O)C2.[Cs+]. The molecule has 0 saturated heterocycles. The summed E-state index contributed by atoms with van der Waals surface area (Å²) in [6.45, 7) is 25.8. The van der Waals surface area contributed by atoms with Crippen molar-refractivity contribution >= 4 is 0 Å². The molecule has 5 heteroatoms. The van der Waals surface area contributed by atoms with Gasteiger partial charge in [0.05, 0.1) is 0 Å². The molecule has 1 aliphatic carbocycles. The van der Waals surface area contributed by atoms with E-state index >= 15 is 0 Å². The van der Waals surface area contributed by atoms with Gasteiger partial charge in [0.15, 0.2) is 0 Å². The van der Waals surface area contributed by atoms with Gasteiger partial charge in [0.2, 0.25) is 0 Å². The number of rotatable bonds is 0. The molecule has 5 rings (SSSR count). The molecule has 0 aromatic heterocycles. The zero-order valence-electron chi connectivity index (χ0n) is 32.2. The number of phenolic OH excluding ortho intramolecular Hbond substituents is 3. The van der Waals surface area contributed by atoms with E-state index < -0.39 is 0 Å². The quantitative estimate of drug-likeness (QED) is 0.163. The van der Waals surface area contributed by atoms with Crippen LogP contribution in [0.1, 0.15) is 150 Å². The van der Waals surface area contributed by atoms with Crippen LogP contribution in [0.2, 0.25) is 0 Å². The zero-order chi connectivity index (χ0) is 35.7. The van der Waals surface area contributed by atoms with Crippen molar-refractivity contribution < 1.29 is 89.3 Å². The van der Waals surface area contributed by atoms with E-state index in [2.05, 4.69) is 95.2 Å². The van der Waals surface area contributed by atoms with E-state index in [-0.39, 0.29) is 126 Å². The average Bonchev–Trinajstić information content (AvgIpc) is 2.93. The van der Waals surface area contributed by atoms with Gasteiger partial charge in [0, 0.05) is 25.7 Å². The van der Waals surface area contributed by atoms with E-state index in [1.807, 2.05) is 36.4 Å². The molecule has 0 amide bonds. The van der Waals surface area contributed by atoms with Crippen LogP contribution in [-0.2, 0) is 47.3 Å². The summed E-state index contributed by atoms with van der Waals surface area (Å²) in [5, 5.41) is 50.0. The molecule has 0 aliphatic heterocycles. The van der Waals surface area contributed by atoms with Crippen molar-refractivity contribution in [2.45, 2.75) is 130 Å². The number of hydrogen-bond donors (Lipinski definition) is 3. The van der Waals surface area contributed by atoms with Crippen LogP contribution in [0.15, 0.2) is 48.5 Å². The molecule has 8 bridgehead atoms. The average molecular weight is 781 g/mol. The Hall–Kier alpha value is -1.87. The van der Waals surface area contributed by atoms with E-state index in [1.165, 1.54) is 0 Å². The Bertz CT molecular complexity index is 1520. The van der Waals surface area contributed by atoms with Gasteiger partial charge in [0.1, 0.15) is 17.2 Å². The van der Waals surface area contributed by atoms with Crippen LogP contribution in [0.5, 0.6) is 23.0 Å². The summed E-state index contributed by atoms with van der Waals surface area (Å²) in [7, 11) is 0. The Balaban J connectivity index is 0.00000541. The first-order chi connectivity index (χ1) is 21.9. The second-order valence-electron chi connectivity index (χ2n) is 18.3. The summed E-state index contributed by atoms with van der Waals surface area (Å²) < 4.78 is 0. The van der Waals surface area contributed by atoms with Gasteiger partial charge in [-0.3, -0.25) is 0 Å². The Morgan fingerprint density at radius 1 is 0.367 bits per heavy atom. The molecule has 4 nitrogen and oxygen atoms in total. The van der Waals surface area contributed by atoms with Crippen LogP contribution in [0.25, 0.3) is 0 Å². The third-order valence-corrected chi connectivity index (χ3v) is 10.0. The maximum absolute atomic E-state index is 14.3. The third kappa shape index (κ3) is 8.61. The number of hydrogen-bond acceptors (Lipinski definition) is 4. The fraction of sp³-hybridized carbons (Fsp3) is 0.455. The molecular weight excluding hydrogens is 725 g/mol. The molecule has 0 unspecified atom stereocenters. The van der Waals surface area contributed by atoms with E-state index in [1.54, 1.807) is 0 Å². The molecule has 0 radical (unpaired) electrons. The first-order valence-corrected chi connectivity index (χ1v) is 17.3. The molecule has 0 saturated carbocycles. The van der Waals surface area contributed by atoms with Crippen molar-refractivity contribution in [1.82, 2.24) is 0 Å². The Morgan fingerprint density at radius 2 is 0.531 bits per heavy atom. The predicted molar refractivity (Wildman–Crippen MR) is 196 cm³/mol. The van der Waals surface area contributed by atoms with Gasteiger partial charge in [-0.1, -0.05) is 143 Å². The number of phenols is 3. The molecule has 0 fully saturated rings. The summed E-state index contributed by atoms with van der Waals surface area (Å²) in [5.41, 5.74) is 8.96. The molecule has 0 atom stereocenters. The van der Waals surface area contributed by atoms with Crippen LogP contribution in [0.3, 0.4) is 0 Å². The monoisotopic (exact) mass is 780 g/mol. The van der Waals surface area contributed by atoms with Crippen molar-refractivity contribution in [3.05, 3.63) is 115 Å². The maximum atomic E-state index is 14.3. The summed E-state index contributed by atoms with van der Waals surface area (Å²) in [6.07, 6.45) is 1.19. The first kappa shape index (κ1) is 39.9. The topological polar surface area (TPSA) is 83.8 Å². The minimum Gasteiger partial charge on any atom is -0.872 e. The van der Waals surface area contributed by atoms with Crippen molar-refractivity contribution in [2.75, 3.05) is 0 Å². The normalized spacial score (nSPS) is 14.0. The first-order valence-electron chi connectivity index (χ1n) is 17.3. The van der Waals surface area contributed by atoms with Crippen LogP contribution < -0.4 is 74.0 Å². The van der Waals surface area contributed by atoms with Crippen molar-refractivity contribution in [2.24, 2.45) is 0 Å². The molecule has 0 heterocycles. The fourth-order valence-electron chi connectivity index (χ4n) is 6.66. The van der Waals surface area contributed by atoms with Gasteiger partial charge in [-0.05, 0) is 77.3 Å². The van der Waals surface area contributed by atoms with E-state index in [9.17, 15) is 20.4 Å². The summed E-state index contributed by atoms with van der Waals surface area (Å²) in [4.78, 5) is 0. The summed E-state index contributed by atoms with van der Waals surface area (Å²) in [6, 6.07) is 16.3. The van der Waals surface area contributed by atoms with Gasteiger partial charge in [0.25, 0.3) is 0 Å². The third-order valence-electron chi connectivity index (χ3n) is 10.0. The standard InChI is InChI=1S/C44H56O4.Cs/c1-41(2,3)33-17-25-13-27-19-34(42(4,5)6)21-29(38(27)46)15-31-23-36(44(10,11)12)24-32(40(31)48)16-30-22-35(43(7,8)9)20-28(39(30)47)14-26(18-33)37(25)45;/h17-24,45-48H,13-16H2,1-12H3;/q;+1/p-1. The van der Waals surface area contributed by atoms with Crippen molar-refractivity contribution in [3.63, 3.8) is 0 Å². The molecular formula is C44H55CsO4. The smallest absolute Gasteiger partial charge is 0.872 e. The van der Waals surface area contributed by atoms with Gasteiger partial charge in [-0.2, -0.15) is 0 Å². The maximum Gasteiger partial charge on any atom is 1.00 e. The van der Waals surface area contributed by atoms with Crippen LogP contribution in [0, 0.1) is 0 Å². The van der Waals surface area contributed by atoms with Crippen molar-refractivity contribution in [1.29, 1.82) is 0 Å². The van der Waals surface area contributed by atoms with Crippen LogP contribution >= 0.6 is 0 Å². The minimum absolute atomic E-state index is 0. The Kier molecular flexibility index (Phi) is 11.3. The second kappa shape index (κ2) is 13.9. The van der Waals surface area contributed by atoms with Crippen LogP contribution in [0.4, 0.5) is 0 Å². The molecule has 256 valence electrons. The van der Waals surface area contributed by atoms with Gasteiger partial charge >= 0.3 is 68.9 Å². The van der Waals surface area contributed by atoms with Crippen molar-refractivity contribution in [3.8, 4) is 23.0 Å². The minimum atomic E-state index is -0.218. The van der Waals surface area contributed by atoms with E-state index in [0.717, 1.165) is 44.5 Å². The zero-order valence-corrected chi connectivity index (χ0v) is 38.5. The van der Waals surface area contributed by atoms with E-state index in [4.69, 9.17) is 0 Å². The van der Waals surface area contributed by atoms with Gasteiger partial charge in [-0.15, -0.1) is 5.75 Å². The molecule has 0 spiro atoms. The Labute approximate surface area is 353 Å². The summed E-state index contributed by atoms with van der Waals surface area (Å²) in [5.74, 6) is 0.451. The van der Waals surface area contributed by atoms with E-state index in [0.29, 0.717) is 35.1 Å². The fourth-order valence-corrected chi connectivity index (χ4v) is 6.66. The molecule has 4 aromatic rings. The second-order valence-corrected chi connectivity index (χ2v) is 18.3. The van der Waals surface area contributed by atoms with Crippen LogP contribution in [-0.4, -0.2) is 15.3 Å².